The lowest BCUT2D eigenvalue weighted by atomic mass is 10.1. The Balaban J connectivity index is 1.56. The number of nitrogens with zero attached hydrogens (tertiary/aromatic N) is 1. The van der Waals surface area contributed by atoms with Gasteiger partial charge in [0, 0.05) is 25.2 Å². The molecule has 0 atom stereocenters. The molecule has 4 nitrogen and oxygen atoms in total. The van der Waals surface area contributed by atoms with Gasteiger partial charge >= 0.3 is 0 Å². The highest BCUT2D eigenvalue weighted by Crippen LogP contribution is 2.18. The van der Waals surface area contributed by atoms with Crippen LogP contribution in [0.2, 0.25) is 0 Å². The minimum atomic E-state index is 0.109. The number of carbonyl (C=O) groups is 1. The molecule has 0 aromatic heterocycles. The lowest BCUT2D eigenvalue weighted by Gasteiger charge is -2.23. The molecule has 0 unspecified atom stereocenters. The molecule has 0 aliphatic rings. The maximum atomic E-state index is 12.9. The SMILES string of the molecule is COc1ccc(CNCCC(=O)N(Cc2ccccc2)c2ccccc2)cc1. The standard InChI is InChI=1S/C24H26N2O2/c1-28-23-14-12-20(13-15-23)18-25-17-16-24(27)26(22-10-6-3-7-11-22)19-21-8-4-2-5-9-21/h2-15,25H,16-19H2,1H3. The predicted octanol–water partition coefficient (Wildman–Crippen LogP) is 4.41. The summed E-state index contributed by atoms with van der Waals surface area (Å²) in [4.78, 5) is 14.8. The van der Waals surface area contributed by atoms with Crippen molar-refractivity contribution in [1.82, 2.24) is 5.32 Å². The summed E-state index contributed by atoms with van der Waals surface area (Å²) in [6.07, 6.45) is 0.442. The topological polar surface area (TPSA) is 41.6 Å². The van der Waals surface area contributed by atoms with Gasteiger partial charge in [0.05, 0.1) is 13.7 Å². The summed E-state index contributed by atoms with van der Waals surface area (Å²) in [5, 5.41) is 3.35. The van der Waals surface area contributed by atoms with Gasteiger partial charge in [-0.3, -0.25) is 4.79 Å². The number of hydrogen-bond donors (Lipinski definition) is 1. The predicted molar refractivity (Wildman–Crippen MR) is 113 cm³/mol. The van der Waals surface area contributed by atoms with Gasteiger partial charge in [0.15, 0.2) is 0 Å². The number of para-hydroxylation sites is 1. The molecule has 3 aromatic carbocycles. The highest BCUT2D eigenvalue weighted by molar-refractivity contribution is 5.93. The molecule has 0 fully saturated rings. The Bertz CT molecular complexity index is 849. The Morgan fingerprint density at radius 2 is 1.50 bits per heavy atom. The highest BCUT2D eigenvalue weighted by atomic mass is 16.5. The average molecular weight is 374 g/mol. The Labute approximate surface area is 166 Å². The van der Waals surface area contributed by atoms with Crippen molar-refractivity contribution in [1.29, 1.82) is 0 Å². The van der Waals surface area contributed by atoms with Crippen LogP contribution in [-0.4, -0.2) is 19.6 Å². The molecule has 0 bridgehead atoms. The van der Waals surface area contributed by atoms with E-state index in [0.717, 1.165) is 29.1 Å². The molecule has 4 heteroatoms. The van der Waals surface area contributed by atoms with E-state index in [0.29, 0.717) is 19.5 Å². The maximum Gasteiger partial charge on any atom is 0.228 e. The molecule has 1 amide bonds. The average Bonchev–Trinajstić information content (AvgIpc) is 2.76. The maximum absolute atomic E-state index is 12.9. The van der Waals surface area contributed by atoms with Gasteiger partial charge in [0.1, 0.15) is 5.75 Å². The number of methoxy groups -OCH3 is 1. The number of carbonyl (C=O) groups excluding carboxylic acids is 1. The van der Waals surface area contributed by atoms with E-state index in [1.807, 2.05) is 89.8 Å². The van der Waals surface area contributed by atoms with Crippen LogP contribution in [-0.2, 0) is 17.9 Å². The summed E-state index contributed by atoms with van der Waals surface area (Å²) >= 11 is 0. The Morgan fingerprint density at radius 1 is 0.857 bits per heavy atom. The van der Waals surface area contributed by atoms with Crippen LogP contribution >= 0.6 is 0 Å². The highest BCUT2D eigenvalue weighted by Gasteiger charge is 2.15. The van der Waals surface area contributed by atoms with Crippen LogP contribution < -0.4 is 15.0 Å². The van der Waals surface area contributed by atoms with Crippen molar-refractivity contribution in [3.63, 3.8) is 0 Å². The summed E-state index contributed by atoms with van der Waals surface area (Å²) in [6.45, 7) is 1.92. The van der Waals surface area contributed by atoms with Crippen molar-refractivity contribution in [2.75, 3.05) is 18.6 Å². The van der Waals surface area contributed by atoms with Crippen molar-refractivity contribution < 1.29 is 9.53 Å². The molecule has 28 heavy (non-hydrogen) atoms. The van der Waals surface area contributed by atoms with E-state index in [1.165, 1.54) is 0 Å². The molecule has 0 heterocycles. The number of anilines is 1. The fraction of sp³-hybridized carbons (Fsp3) is 0.208. The monoisotopic (exact) mass is 374 g/mol. The summed E-state index contributed by atoms with van der Waals surface area (Å²) in [6, 6.07) is 27.9. The van der Waals surface area contributed by atoms with Gasteiger partial charge in [-0.05, 0) is 35.4 Å². The van der Waals surface area contributed by atoms with E-state index in [1.54, 1.807) is 7.11 Å². The van der Waals surface area contributed by atoms with Crippen molar-refractivity contribution in [3.05, 3.63) is 96.1 Å². The summed E-state index contributed by atoms with van der Waals surface area (Å²) in [5.74, 6) is 0.954. The first kappa shape index (κ1) is 19.6. The molecule has 144 valence electrons. The van der Waals surface area contributed by atoms with Gasteiger partial charge in [0.2, 0.25) is 5.91 Å². The molecule has 0 spiro atoms. The number of hydrogen-bond acceptors (Lipinski definition) is 3. The minimum Gasteiger partial charge on any atom is -0.497 e. The van der Waals surface area contributed by atoms with Crippen molar-refractivity contribution >= 4 is 11.6 Å². The third kappa shape index (κ3) is 5.69. The van der Waals surface area contributed by atoms with Crippen LogP contribution in [0, 0.1) is 0 Å². The van der Waals surface area contributed by atoms with Crippen LogP contribution in [0.3, 0.4) is 0 Å². The van der Waals surface area contributed by atoms with Crippen LogP contribution in [0.15, 0.2) is 84.9 Å². The Morgan fingerprint density at radius 3 is 2.14 bits per heavy atom. The first-order chi connectivity index (χ1) is 13.8. The zero-order valence-corrected chi connectivity index (χ0v) is 16.2. The van der Waals surface area contributed by atoms with E-state index >= 15 is 0 Å². The van der Waals surface area contributed by atoms with Crippen LogP contribution in [0.4, 0.5) is 5.69 Å². The number of nitrogens with one attached hydrogen (secondary N) is 1. The normalized spacial score (nSPS) is 10.5. The van der Waals surface area contributed by atoms with Gasteiger partial charge < -0.3 is 15.0 Å². The molecule has 0 radical (unpaired) electrons. The first-order valence-electron chi connectivity index (χ1n) is 9.49. The molecular formula is C24H26N2O2. The molecule has 0 aliphatic heterocycles. The van der Waals surface area contributed by atoms with Gasteiger partial charge in [0.25, 0.3) is 0 Å². The van der Waals surface area contributed by atoms with Crippen molar-refractivity contribution in [2.24, 2.45) is 0 Å². The van der Waals surface area contributed by atoms with Gasteiger partial charge in [-0.1, -0.05) is 60.7 Å². The Hall–Kier alpha value is -3.11. The number of benzene rings is 3. The summed E-state index contributed by atoms with van der Waals surface area (Å²) in [7, 11) is 1.66. The second kappa shape index (κ2) is 10.3. The smallest absolute Gasteiger partial charge is 0.228 e. The summed E-state index contributed by atoms with van der Waals surface area (Å²) in [5.41, 5.74) is 3.20. The number of ether oxygens (including phenoxy) is 1. The van der Waals surface area contributed by atoms with E-state index in [-0.39, 0.29) is 5.91 Å². The van der Waals surface area contributed by atoms with Crippen LogP contribution in [0.5, 0.6) is 5.75 Å². The molecule has 3 aromatic rings. The van der Waals surface area contributed by atoms with Crippen LogP contribution in [0.1, 0.15) is 17.5 Å². The molecule has 0 aliphatic carbocycles. The fourth-order valence-corrected chi connectivity index (χ4v) is 3.00. The van der Waals surface area contributed by atoms with E-state index in [2.05, 4.69) is 5.32 Å². The number of rotatable bonds is 9. The second-order valence-corrected chi connectivity index (χ2v) is 6.58. The minimum absolute atomic E-state index is 0.109. The van der Waals surface area contributed by atoms with Gasteiger partial charge in [-0.15, -0.1) is 0 Å². The fourth-order valence-electron chi connectivity index (χ4n) is 3.00. The van der Waals surface area contributed by atoms with E-state index < -0.39 is 0 Å². The van der Waals surface area contributed by atoms with E-state index in [9.17, 15) is 4.79 Å². The quantitative estimate of drug-likeness (QED) is 0.564. The molecular weight excluding hydrogens is 348 g/mol. The largest absolute Gasteiger partial charge is 0.497 e. The number of amides is 1. The van der Waals surface area contributed by atoms with Crippen molar-refractivity contribution in [2.45, 2.75) is 19.5 Å². The Kier molecular flexibility index (Phi) is 7.21. The second-order valence-electron chi connectivity index (χ2n) is 6.58. The molecule has 0 saturated carbocycles. The molecule has 3 rings (SSSR count). The molecule has 1 N–H and O–H groups in total. The van der Waals surface area contributed by atoms with Gasteiger partial charge in [-0.2, -0.15) is 0 Å². The zero-order chi connectivity index (χ0) is 19.6. The zero-order valence-electron chi connectivity index (χ0n) is 16.2. The van der Waals surface area contributed by atoms with Crippen LogP contribution in [0.25, 0.3) is 0 Å². The van der Waals surface area contributed by atoms with Crippen molar-refractivity contribution in [3.8, 4) is 5.75 Å². The molecule has 0 saturated heterocycles. The van der Waals surface area contributed by atoms with E-state index in [4.69, 9.17) is 4.74 Å². The lowest BCUT2D eigenvalue weighted by Crippen LogP contribution is -2.32. The van der Waals surface area contributed by atoms with Gasteiger partial charge in [-0.25, -0.2) is 0 Å². The third-order valence-corrected chi connectivity index (χ3v) is 4.56. The third-order valence-electron chi connectivity index (χ3n) is 4.56. The lowest BCUT2D eigenvalue weighted by molar-refractivity contribution is -0.118. The summed E-state index contributed by atoms with van der Waals surface area (Å²) < 4.78 is 5.17. The first-order valence-corrected chi connectivity index (χ1v) is 9.49.